The van der Waals surface area contributed by atoms with Crippen molar-refractivity contribution in [3.63, 3.8) is 0 Å². The third-order valence-corrected chi connectivity index (χ3v) is 6.86. The summed E-state index contributed by atoms with van der Waals surface area (Å²) in [5, 5.41) is 4.59. The molecule has 134 valence electrons. The van der Waals surface area contributed by atoms with E-state index >= 15 is 0 Å². The molecule has 0 radical (unpaired) electrons. The van der Waals surface area contributed by atoms with Gasteiger partial charge in [0.15, 0.2) is 0 Å². The van der Waals surface area contributed by atoms with Gasteiger partial charge in [-0.15, -0.1) is 11.3 Å². The highest BCUT2D eigenvalue weighted by atomic mass is 32.1. The molecular formula is C18H23N3O3S. The van der Waals surface area contributed by atoms with Crippen LogP contribution < -0.4 is 16.2 Å². The van der Waals surface area contributed by atoms with Crippen molar-refractivity contribution in [1.82, 2.24) is 16.2 Å². The summed E-state index contributed by atoms with van der Waals surface area (Å²) in [5.41, 5.74) is 4.46. The van der Waals surface area contributed by atoms with E-state index in [4.69, 9.17) is 0 Å². The third kappa shape index (κ3) is 3.29. The van der Waals surface area contributed by atoms with Crippen LogP contribution in [0.2, 0.25) is 0 Å². The number of hydrogen-bond acceptors (Lipinski definition) is 4. The molecule has 4 fully saturated rings. The quantitative estimate of drug-likeness (QED) is 0.715. The zero-order chi connectivity index (χ0) is 17.4. The summed E-state index contributed by atoms with van der Waals surface area (Å²) >= 11 is 1.30. The van der Waals surface area contributed by atoms with Crippen molar-refractivity contribution in [2.24, 2.45) is 23.2 Å². The predicted molar refractivity (Wildman–Crippen MR) is 93.5 cm³/mol. The maximum Gasteiger partial charge on any atom is 0.279 e. The summed E-state index contributed by atoms with van der Waals surface area (Å²) in [7, 11) is 0. The van der Waals surface area contributed by atoms with Crippen LogP contribution in [0.3, 0.4) is 0 Å². The van der Waals surface area contributed by atoms with Gasteiger partial charge in [-0.25, -0.2) is 0 Å². The Hall–Kier alpha value is -1.89. The van der Waals surface area contributed by atoms with E-state index in [-0.39, 0.29) is 23.8 Å². The van der Waals surface area contributed by atoms with Crippen molar-refractivity contribution in [2.75, 3.05) is 6.54 Å². The smallest absolute Gasteiger partial charge is 0.279 e. The Bertz CT molecular complexity index is 650. The van der Waals surface area contributed by atoms with Crippen LogP contribution in [0.5, 0.6) is 0 Å². The van der Waals surface area contributed by atoms with Gasteiger partial charge in [0.2, 0.25) is 5.91 Å². The molecule has 4 aliphatic rings. The van der Waals surface area contributed by atoms with Gasteiger partial charge in [-0.2, -0.15) is 0 Å². The van der Waals surface area contributed by atoms with Crippen molar-refractivity contribution in [3.8, 4) is 0 Å². The third-order valence-electron chi connectivity index (χ3n) is 5.99. The Balaban J connectivity index is 1.26. The fraction of sp³-hybridized carbons (Fsp3) is 0.611. The molecular weight excluding hydrogens is 338 g/mol. The van der Waals surface area contributed by atoms with Gasteiger partial charge in [-0.05, 0) is 67.7 Å². The first kappa shape index (κ1) is 16.6. The number of carbonyl (C=O) groups excluding carboxylic acids is 3. The topological polar surface area (TPSA) is 87.3 Å². The van der Waals surface area contributed by atoms with E-state index in [1.807, 2.05) is 0 Å². The molecule has 6 nitrogen and oxygen atoms in total. The lowest BCUT2D eigenvalue weighted by Crippen LogP contribution is -2.55. The second-order valence-corrected chi connectivity index (χ2v) is 8.81. The van der Waals surface area contributed by atoms with Crippen molar-refractivity contribution in [3.05, 3.63) is 22.4 Å². The van der Waals surface area contributed by atoms with Gasteiger partial charge < -0.3 is 5.32 Å². The minimum Gasteiger partial charge on any atom is -0.346 e. The molecule has 0 spiro atoms. The highest BCUT2D eigenvalue weighted by molar-refractivity contribution is 7.12. The molecule has 0 aromatic carbocycles. The number of carbonyl (C=O) groups is 3. The molecule has 4 saturated carbocycles. The molecule has 0 aliphatic heterocycles. The van der Waals surface area contributed by atoms with E-state index in [0.29, 0.717) is 22.6 Å². The average Bonchev–Trinajstić information content (AvgIpc) is 3.11. The molecule has 4 aliphatic carbocycles. The summed E-state index contributed by atoms with van der Waals surface area (Å²) in [4.78, 5) is 37.0. The van der Waals surface area contributed by atoms with Crippen LogP contribution in [0.25, 0.3) is 0 Å². The lowest BCUT2D eigenvalue weighted by molar-refractivity contribution is -0.147. The molecule has 0 unspecified atom stereocenters. The van der Waals surface area contributed by atoms with Gasteiger partial charge in [0, 0.05) is 5.41 Å². The summed E-state index contributed by atoms with van der Waals surface area (Å²) in [6.45, 7) is -0.106. The Kier molecular flexibility index (Phi) is 4.27. The monoisotopic (exact) mass is 361 g/mol. The first-order chi connectivity index (χ1) is 12.0. The zero-order valence-corrected chi connectivity index (χ0v) is 14.9. The molecule has 7 heteroatoms. The SMILES string of the molecule is O=C(CNC(=O)C12CC3CC(CC(C3)C1)C2)NNC(=O)c1cccs1. The van der Waals surface area contributed by atoms with Gasteiger partial charge in [-0.3, -0.25) is 25.2 Å². The highest BCUT2D eigenvalue weighted by Crippen LogP contribution is 2.60. The maximum atomic E-state index is 12.7. The summed E-state index contributed by atoms with van der Waals surface area (Å²) in [6.07, 6.45) is 6.76. The van der Waals surface area contributed by atoms with Crippen LogP contribution in [0.4, 0.5) is 0 Å². The molecule has 3 N–H and O–H groups in total. The van der Waals surface area contributed by atoms with E-state index in [1.165, 1.54) is 30.6 Å². The lowest BCUT2D eigenvalue weighted by atomic mass is 9.49. The molecule has 4 bridgehead atoms. The summed E-state index contributed by atoms with van der Waals surface area (Å²) in [5.74, 6) is 1.33. The van der Waals surface area contributed by atoms with Gasteiger partial charge in [0.25, 0.3) is 11.8 Å². The van der Waals surface area contributed by atoms with Crippen LogP contribution in [0, 0.1) is 23.2 Å². The number of rotatable bonds is 4. The molecule has 3 amide bonds. The van der Waals surface area contributed by atoms with E-state index in [9.17, 15) is 14.4 Å². The normalized spacial score (nSPS) is 32.2. The maximum absolute atomic E-state index is 12.7. The second-order valence-electron chi connectivity index (χ2n) is 7.86. The van der Waals surface area contributed by atoms with Crippen molar-refractivity contribution in [2.45, 2.75) is 38.5 Å². The van der Waals surface area contributed by atoms with E-state index in [2.05, 4.69) is 16.2 Å². The van der Waals surface area contributed by atoms with Gasteiger partial charge in [-0.1, -0.05) is 6.07 Å². The van der Waals surface area contributed by atoms with Crippen LogP contribution >= 0.6 is 11.3 Å². The molecule has 1 aromatic heterocycles. The number of hydrogen-bond donors (Lipinski definition) is 3. The fourth-order valence-electron chi connectivity index (χ4n) is 5.38. The predicted octanol–water partition coefficient (Wildman–Crippen LogP) is 1.84. The number of nitrogens with one attached hydrogen (secondary N) is 3. The lowest BCUT2D eigenvalue weighted by Gasteiger charge is -2.55. The molecule has 0 saturated heterocycles. The Morgan fingerprint density at radius 2 is 1.68 bits per heavy atom. The second kappa shape index (κ2) is 6.44. The summed E-state index contributed by atoms with van der Waals surface area (Å²) in [6, 6.07) is 3.45. The minimum atomic E-state index is -0.414. The first-order valence-corrected chi connectivity index (χ1v) is 9.83. The largest absolute Gasteiger partial charge is 0.346 e. The summed E-state index contributed by atoms with van der Waals surface area (Å²) < 4.78 is 0. The van der Waals surface area contributed by atoms with Gasteiger partial charge in [0.1, 0.15) is 0 Å². The van der Waals surface area contributed by atoms with Crippen LogP contribution in [0.1, 0.15) is 48.2 Å². The van der Waals surface area contributed by atoms with Gasteiger partial charge in [0.05, 0.1) is 11.4 Å². The van der Waals surface area contributed by atoms with E-state index < -0.39 is 5.91 Å². The van der Waals surface area contributed by atoms with Crippen LogP contribution in [-0.2, 0) is 9.59 Å². The molecule has 0 atom stereocenters. The molecule has 5 rings (SSSR count). The van der Waals surface area contributed by atoms with Crippen molar-refractivity contribution >= 4 is 29.1 Å². The Morgan fingerprint density at radius 1 is 1.04 bits per heavy atom. The van der Waals surface area contributed by atoms with Crippen molar-refractivity contribution < 1.29 is 14.4 Å². The molecule has 1 aromatic rings. The van der Waals surface area contributed by atoms with E-state index in [1.54, 1.807) is 17.5 Å². The standard InChI is InChI=1S/C18H23N3O3S/c22-15(20-21-16(23)14-2-1-3-25-14)10-19-17(24)18-7-11-4-12(8-18)6-13(5-11)9-18/h1-3,11-13H,4-10H2,(H,19,24)(H,20,22)(H,21,23). The minimum absolute atomic E-state index is 0.0198. The van der Waals surface area contributed by atoms with Gasteiger partial charge >= 0.3 is 0 Å². The zero-order valence-electron chi connectivity index (χ0n) is 14.0. The number of thiophene rings is 1. The first-order valence-electron chi connectivity index (χ1n) is 8.95. The Morgan fingerprint density at radius 3 is 2.24 bits per heavy atom. The van der Waals surface area contributed by atoms with Crippen molar-refractivity contribution in [1.29, 1.82) is 0 Å². The molecule has 25 heavy (non-hydrogen) atoms. The number of hydrazine groups is 1. The molecule has 1 heterocycles. The fourth-order valence-corrected chi connectivity index (χ4v) is 6.00. The Labute approximate surface area is 150 Å². The average molecular weight is 361 g/mol. The van der Waals surface area contributed by atoms with E-state index in [0.717, 1.165) is 19.3 Å². The van der Waals surface area contributed by atoms with Crippen LogP contribution in [0.15, 0.2) is 17.5 Å². The highest BCUT2D eigenvalue weighted by Gasteiger charge is 2.54. The van der Waals surface area contributed by atoms with Crippen LogP contribution in [-0.4, -0.2) is 24.3 Å². The number of amides is 3.